The molecule has 5 N–H and O–H groups in total. The van der Waals surface area contributed by atoms with Crippen LogP contribution in [0.3, 0.4) is 0 Å². The lowest BCUT2D eigenvalue weighted by Crippen LogP contribution is -2.61. The van der Waals surface area contributed by atoms with E-state index >= 15 is 0 Å². The molecule has 0 spiro atoms. The number of carbonyl (C=O) groups is 5. The van der Waals surface area contributed by atoms with Crippen molar-refractivity contribution in [2.24, 2.45) is 23.7 Å². The molecule has 0 radical (unpaired) electrons. The van der Waals surface area contributed by atoms with Gasteiger partial charge in [-0.3, -0.25) is 19.2 Å². The lowest BCUT2D eigenvalue weighted by Gasteiger charge is -2.41. The maximum absolute atomic E-state index is 14.5. The van der Waals surface area contributed by atoms with Gasteiger partial charge in [0.05, 0.1) is 48.8 Å². The molecule has 61 heavy (non-hydrogen) atoms. The van der Waals surface area contributed by atoms with Crippen LogP contribution in [0.5, 0.6) is 0 Å². The number of hydrogen-bond acceptors (Lipinski definition) is 9. The minimum atomic E-state index is -2.25. The van der Waals surface area contributed by atoms with E-state index in [-0.39, 0.29) is 47.9 Å². The molecule has 2 rings (SSSR count). The van der Waals surface area contributed by atoms with E-state index in [2.05, 4.69) is 16.0 Å². The minimum absolute atomic E-state index is 0.0248. The maximum atomic E-state index is 14.5. The van der Waals surface area contributed by atoms with Gasteiger partial charge in [0, 0.05) is 41.4 Å². The van der Waals surface area contributed by atoms with E-state index in [1.165, 1.54) is 19.1 Å². The monoisotopic (exact) mass is 877 g/mol. The summed E-state index contributed by atoms with van der Waals surface area (Å²) < 4.78 is 12.0. The first-order valence-corrected chi connectivity index (χ1v) is 25.4. The molecule has 6 amide bonds. The summed E-state index contributed by atoms with van der Waals surface area (Å²) in [4.78, 5) is 84.3. The first kappa shape index (κ1) is 53.6. The van der Waals surface area contributed by atoms with Gasteiger partial charge in [-0.25, -0.2) is 4.79 Å². The Balaban J connectivity index is 2.25. The van der Waals surface area contributed by atoms with Crippen LogP contribution in [0.1, 0.15) is 99.2 Å². The van der Waals surface area contributed by atoms with Crippen LogP contribution in [-0.2, 0) is 28.7 Å². The molecule has 1 heterocycles. The van der Waals surface area contributed by atoms with Crippen molar-refractivity contribution >= 4 is 38.0 Å². The van der Waals surface area contributed by atoms with E-state index in [0.29, 0.717) is 44.0 Å². The molecule has 16 heteroatoms. The number of nitrogens with zero attached hydrogens (tertiary/aromatic N) is 3. The highest BCUT2D eigenvalue weighted by molar-refractivity contribution is 6.69. The quantitative estimate of drug-likeness (QED) is 0.0734. The van der Waals surface area contributed by atoms with Gasteiger partial charge in [-0.15, -0.1) is 0 Å². The highest BCUT2D eigenvalue weighted by Gasteiger charge is 2.43. The Labute approximate surface area is 367 Å². The second-order valence-corrected chi connectivity index (χ2v) is 22.5. The Morgan fingerprint density at radius 1 is 0.902 bits per heavy atom. The molecule has 0 unspecified atom stereocenters. The van der Waals surface area contributed by atoms with Gasteiger partial charge in [-0.05, 0) is 68.6 Å². The van der Waals surface area contributed by atoms with Gasteiger partial charge >= 0.3 is 6.03 Å². The zero-order chi connectivity index (χ0) is 46.4. The summed E-state index contributed by atoms with van der Waals surface area (Å²) in [7, 11) is 4.07. The molecule has 0 saturated carbocycles. The van der Waals surface area contributed by atoms with E-state index in [0.717, 1.165) is 6.42 Å². The van der Waals surface area contributed by atoms with Crippen molar-refractivity contribution in [3.63, 3.8) is 0 Å². The number of nitrogens with one attached hydrogen (secondary N) is 3. The number of amides is 6. The number of ether oxygens (including phenoxy) is 2. The summed E-state index contributed by atoms with van der Waals surface area (Å²) in [6.45, 7) is 19.5. The van der Waals surface area contributed by atoms with Crippen molar-refractivity contribution in [3.8, 4) is 0 Å². The summed E-state index contributed by atoms with van der Waals surface area (Å²) in [5.74, 6) is -2.56. The van der Waals surface area contributed by atoms with Gasteiger partial charge in [0.1, 0.15) is 12.1 Å². The highest BCUT2D eigenvalue weighted by atomic mass is 28.4. The Kier molecular flexibility index (Phi) is 21.9. The third-order valence-corrected chi connectivity index (χ3v) is 13.9. The molecule has 0 aliphatic carbocycles. The first-order chi connectivity index (χ1) is 28.5. The fourth-order valence-electron chi connectivity index (χ4n) is 8.54. The smallest absolute Gasteiger partial charge is 0.317 e. The molecule has 1 aliphatic rings. The van der Waals surface area contributed by atoms with Gasteiger partial charge in [0.25, 0.3) is 0 Å². The second kappa shape index (κ2) is 24.9. The molecular weight excluding hydrogens is 797 g/mol. The van der Waals surface area contributed by atoms with Crippen molar-refractivity contribution in [3.05, 3.63) is 35.9 Å². The predicted molar refractivity (Wildman–Crippen MR) is 241 cm³/mol. The average Bonchev–Trinajstić information content (AvgIpc) is 3.70. The van der Waals surface area contributed by atoms with E-state index < -0.39 is 68.7 Å². The van der Waals surface area contributed by atoms with Crippen molar-refractivity contribution in [1.82, 2.24) is 30.7 Å². The number of likely N-dealkylation sites (tertiary alicyclic amines) is 1. The minimum Gasteiger partial charge on any atom is -0.432 e. The zero-order valence-electron chi connectivity index (χ0n) is 39.6. The topological polar surface area (TPSA) is 190 Å². The number of aliphatic hydroxyl groups excluding tert-OH is 1. The third-order valence-electron chi connectivity index (χ3n) is 12.4. The largest absolute Gasteiger partial charge is 0.432 e. The Bertz CT molecular complexity index is 1550. The van der Waals surface area contributed by atoms with Gasteiger partial charge < -0.3 is 50.0 Å². The summed E-state index contributed by atoms with van der Waals surface area (Å²) in [5.41, 5.74) is 0.695. The van der Waals surface area contributed by atoms with Crippen LogP contribution in [0.4, 0.5) is 4.79 Å². The normalized spacial score (nSPS) is 18.9. The predicted octanol–water partition coefficient (Wildman–Crippen LogP) is 4.54. The van der Waals surface area contributed by atoms with Crippen molar-refractivity contribution < 1.29 is 43.3 Å². The number of carbonyl (C=O) groups excluding carboxylic acids is 5. The van der Waals surface area contributed by atoms with Crippen LogP contribution in [-0.4, -0.2) is 146 Å². The zero-order valence-corrected chi connectivity index (χ0v) is 40.6. The van der Waals surface area contributed by atoms with Crippen molar-refractivity contribution in [2.45, 2.75) is 155 Å². The molecule has 0 aromatic heterocycles. The molecule has 10 atom stereocenters. The lowest BCUT2D eigenvalue weighted by atomic mass is 9.89. The third kappa shape index (κ3) is 15.3. The number of hydrogen-bond donors (Lipinski definition) is 5. The average molecular weight is 877 g/mol. The van der Waals surface area contributed by atoms with Crippen molar-refractivity contribution in [1.29, 1.82) is 0 Å². The summed E-state index contributed by atoms with van der Waals surface area (Å²) in [6.07, 6.45) is 0.451. The Morgan fingerprint density at radius 2 is 1.52 bits per heavy atom. The second-order valence-electron chi connectivity index (χ2n) is 18.4. The van der Waals surface area contributed by atoms with Gasteiger partial charge in [-0.2, -0.15) is 0 Å². The van der Waals surface area contributed by atoms with Crippen LogP contribution < -0.4 is 16.0 Å². The number of rotatable bonds is 24. The molecule has 15 nitrogen and oxygen atoms in total. The summed E-state index contributed by atoms with van der Waals surface area (Å²) in [6, 6.07) is 6.10. The van der Waals surface area contributed by atoms with Gasteiger partial charge in [0.2, 0.25) is 23.6 Å². The highest BCUT2D eigenvalue weighted by Crippen LogP contribution is 2.30. The molecule has 0 bridgehead atoms. The number of urea groups is 1. The van der Waals surface area contributed by atoms with E-state index in [9.17, 15) is 33.9 Å². The first-order valence-electron chi connectivity index (χ1n) is 22.2. The number of methoxy groups -OCH3 is 2. The summed E-state index contributed by atoms with van der Waals surface area (Å²) >= 11 is 0. The Hall–Kier alpha value is -3.57. The SMILES string of the molecule is CC[C@H](C)[C@@H]([C@@H](CC(=O)N1CCC[C@H]1[C@H](OC)[C@@H](C)C(=O)N[C@H](C)[C@@H](O)c1ccccc1)OC)N(C)C(=O)[C@@H](NC(=O)[C@H](C(C)C)N(C)C(=O)NCCC[Si](C)(C)O)C(C)C. The van der Waals surface area contributed by atoms with Crippen LogP contribution in [0.25, 0.3) is 0 Å². The van der Waals surface area contributed by atoms with Gasteiger partial charge in [-0.1, -0.05) is 85.2 Å². The van der Waals surface area contributed by atoms with E-state index in [1.807, 2.05) is 85.0 Å². The fraction of sp³-hybridized carbons (Fsp3) is 0.756. The molecule has 1 aromatic rings. The van der Waals surface area contributed by atoms with Crippen LogP contribution in [0.15, 0.2) is 30.3 Å². The molecular formula is C45H80N6O9Si. The van der Waals surface area contributed by atoms with E-state index in [4.69, 9.17) is 9.47 Å². The molecule has 1 aromatic carbocycles. The van der Waals surface area contributed by atoms with Crippen LogP contribution >= 0.6 is 0 Å². The summed E-state index contributed by atoms with van der Waals surface area (Å²) in [5, 5.41) is 19.6. The molecule has 1 saturated heterocycles. The van der Waals surface area contributed by atoms with Crippen LogP contribution in [0.2, 0.25) is 19.1 Å². The number of likely N-dealkylation sites (N-methyl/N-ethyl adjacent to an activating group) is 2. The maximum Gasteiger partial charge on any atom is 0.317 e. The fourth-order valence-corrected chi connectivity index (χ4v) is 9.59. The molecule has 1 aliphatic heterocycles. The Morgan fingerprint density at radius 3 is 2.05 bits per heavy atom. The van der Waals surface area contributed by atoms with Crippen molar-refractivity contribution in [2.75, 3.05) is 41.4 Å². The van der Waals surface area contributed by atoms with Crippen LogP contribution in [0, 0.1) is 23.7 Å². The van der Waals surface area contributed by atoms with E-state index in [1.54, 1.807) is 37.7 Å². The lowest BCUT2D eigenvalue weighted by molar-refractivity contribution is -0.148. The molecule has 1 fully saturated rings. The number of benzene rings is 1. The number of aliphatic hydroxyl groups is 1. The molecule has 348 valence electrons. The van der Waals surface area contributed by atoms with Gasteiger partial charge in [0.15, 0.2) is 8.32 Å². The standard InChI is InChI=1S/C45H80N6O9Si/c1-15-30(6)39(49(9)44(56)37(28(2)3)48-43(55)38(29(4)5)50(10)45(57)46-24-20-26-61(13,14)58)35(59-11)27-36(52)51-25-19-23-34(51)41(60-12)31(7)42(54)47-32(8)40(53)33-21-17-16-18-22-33/h16-18,21-22,28-32,34-35,37-41,53,58H,15,19-20,23-27H2,1-14H3,(H,46,57)(H,47,54)(H,48,55)/t30-,31+,32+,34-,35+,37-,38-,39-,40+,41+/m0/s1.